The van der Waals surface area contributed by atoms with E-state index in [1.807, 2.05) is 16.7 Å². The van der Waals surface area contributed by atoms with E-state index < -0.39 is 5.41 Å². The summed E-state index contributed by atoms with van der Waals surface area (Å²) in [5, 5.41) is 0. The van der Waals surface area contributed by atoms with Crippen molar-refractivity contribution in [1.29, 1.82) is 0 Å². The molecule has 19 heavy (non-hydrogen) atoms. The first-order valence-electron chi connectivity index (χ1n) is 7.25. The lowest BCUT2D eigenvalue weighted by atomic mass is 9.77. The van der Waals surface area contributed by atoms with Gasteiger partial charge in [0, 0.05) is 18.8 Å². The molecule has 0 aromatic rings. The Morgan fingerprint density at radius 2 is 1.89 bits per heavy atom. The third-order valence-corrected chi connectivity index (χ3v) is 5.18. The number of hydrogen-bond donors (Lipinski definition) is 1. The molecule has 1 aliphatic rings. The van der Waals surface area contributed by atoms with Crippen LogP contribution in [-0.4, -0.2) is 40.4 Å². The maximum atomic E-state index is 12.9. The Hall–Kier alpha value is -0.290. The lowest BCUT2D eigenvalue weighted by Crippen LogP contribution is -2.51. The van der Waals surface area contributed by atoms with Crippen molar-refractivity contribution in [2.24, 2.45) is 11.1 Å². The number of rotatable bonds is 6. The Morgan fingerprint density at radius 3 is 2.42 bits per heavy atom. The molecule has 0 aliphatic carbocycles. The number of carbonyl (C=O) groups excluding carboxylic acids is 1. The molecule has 2 N–H and O–H groups in total. The van der Waals surface area contributed by atoms with Gasteiger partial charge in [-0.05, 0) is 25.0 Å². The molecule has 0 bridgehead atoms. The summed E-state index contributed by atoms with van der Waals surface area (Å²) >= 11 is 7.19. The van der Waals surface area contributed by atoms with Crippen molar-refractivity contribution in [3.63, 3.8) is 0 Å². The van der Waals surface area contributed by atoms with Crippen LogP contribution < -0.4 is 5.73 Å². The summed E-state index contributed by atoms with van der Waals surface area (Å²) in [5.74, 6) is 2.34. The van der Waals surface area contributed by atoms with Gasteiger partial charge in [0.25, 0.3) is 0 Å². The van der Waals surface area contributed by atoms with E-state index in [2.05, 4.69) is 13.8 Å². The van der Waals surface area contributed by atoms with Gasteiger partial charge in [-0.15, -0.1) is 0 Å². The molecule has 1 fully saturated rings. The molecule has 1 heterocycles. The van der Waals surface area contributed by atoms with Crippen LogP contribution in [0.5, 0.6) is 0 Å². The number of amides is 1. The van der Waals surface area contributed by atoms with E-state index in [-0.39, 0.29) is 5.91 Å². The number of thiocarbonyl (C=S) groups is 1. The van der Waals surface area contributed by atoms with Crippen LogP contribution in [0.25, 0.3) is 0 Å². The summed E-state index contributed by atoms with van der Waals surface area (Å²) in [6, 6.07) is 0. The third-order valence-electron chi connectivity index (χ3n) is 3.74. The van der Waals surface area contributed by atoms with E-state index in [4.69, 9.17) is 18.0 Å². The number of thioether (sulfide) groups is 1. The molecule has 1 aliphatic heterocycles. The van der Waals surface area contributed by atoms with Crippen LogP contribution in [0.3, 0.4) is 0 Å². The van der Waals surface area contributed by atoms with Gasteiger partial charge in [-0.2, -0.15) is 11.8 Å². The van der Waals surface area contributed by atoms with Crippen molar-refractivity contribution in [1.82, 2.24) is 4.90 Å². The van der Waals surface area contributed by atoms with Crippen LogP contribution in [-0.2, 0) is 4.79 Å². The Morgan fingerprint density at radius 1 is 1.26 bits per heavy atom. The largest absolute Gasteiger partial charge is 0.392 e. The van der Waals surface area contributed by atoms with Gasteiger partial charge in [0.2, 0.25) is 5.91 Å². The minimum absolute atomic E-state index is 0.172. The second-order valence-electron chi connectivity index (χ2n) is 5.20. The topological polar surface area (TPSA) is 46.3 Å². The van der Waals surface area contributed by atoms with E-state index in [0.29, 0.717) is 4.99 Å². The first-order valence-corrected chi connectivity index (χ1v) is 8.81. The summed E-state index contributed by atoms with van der Waals surface area (Å²) < 4.78 is 0. The summed E-state index contributed by atoms with van der Waals surface area (Å²) in [4.78, 5) is 15.3. The van der Waals surface area contributed by atoms with Crippen LogP contribution in [0.2, 0.25) is 0 Å². The average molecular weight is 303 g/mol. The van der Waals surface area contributed by atoms with Gasteiger partial charge in [0.05, 0.1) is 10.4 Å². The van der Waals surface area contributed by atoms with Crippen LogP contribution >= 0.6 is 24.0 Å². The van der Waals surface area contributed by atoms with E-state index in [1.54, 1.807) is 0 Å². The quantitative estimate of drug-likeness (QED) is 0.766. The molecule has 1 rings (SSSR count). The van der Waals surface area contributed by atoms with Crippen molar-refractivity contribution < 1.29 is 4.79 Å². The molecular formula is C14H26N2OS2. The highest BCUT2D eigenvalue weighted by molar-refractivity contribution is 7.99. The Bertz CT molecular complexity index is 307. The number of nitrogens with zero attached hydrogens (tertiary/aromatic N) is 1. The van der Waals surface area contributed by atoms with Crippen molar-refractivity contribution >= 4 is 34.9 Å². The monoisotopic (exact) mass is 302 g/mol. The van der Waals surface area contributed by atoms with Gasteiger partial charge < -0.3 is 10.6 Å². The van der Waals surface area contributed by atoms with Crippen LogP contribution in [0.1, 0.15) is 46.0 Å². The SMILES string of the molecule is CCCC(CCC)(C(=O)N1CCCSCC1)C(N)=S. The zero-order valence-electron chi connectivity index (χ0n) is 12.1. The van der Waals surface area contributed by atoms with Gasteiger partial charge >= 0.3 is 0 Å². The van der Waals surface area contributed by atoms with Crippen molar-refractivity contribution in [2.75, 3.05) is 24.6 Å². The predicted octanol–water partition coefficient (Wildman–Crippen LogP) is 2.82. The number of nitrogens with two attached hydrogens (primary N) is 1. The summed E-state index contributed by atoms with van der Waals surface area (Å²) in [6.45, 7) is 5.87. The molecule has 0 radical (unpaired) electrons. The maximum absolute atomic E-state index is 12.9. The molecule has 0 saturated carbocycles. The molecule has 110 valence electrons. The minimum atomic E-state index is -0.603. The zero-order valence-corrected chi connectivity index (χ0v) is 13.7. The fraction of sp³-hybridized carbons (Fsp3) is 0.857. The van der Waals surface area contributed by atoms with Crippen molar-refractivity contribution in [3.05, 3.63) is 0 Å². The second kappa shape index (κ2) is 8.10. The average Bonchev–Trinajstić information content (AvgIpc) is 2.66. The lowest BCUT2D eigenvalue weighted by molar-refractivity contribution is -0.138. The van der Waals surface area contributed by atoms with Gasteiger partial charge in [0.15, 0.2) is 0 Å². The molecular weight excluding hydrogens is 276 g/mol. The van der Waals surface area contributed by atoms with Crippen molar-refractivity contribution in [2.45, 2.75) is 46.0 Å². The summed E-state index contributed by atoms with van der Waals surface area (Å²) in [6.07, 6.45) is 4.50. The maximum Gasteiger partial charge on any atom is 0.235 e. The van der Waals surface area contributed by atoms with Gasteiger partial charge in [-0.3, -0.25) is 4.79 Å². The van der Waals surface area contributed by atoms with E-state index in [1.165, 1.54) is 0 Å². The highest BCUT2D eigenvalue weighted by Crippen LogP contribution is 2.33. The first kappa shape index (κ1) is 16.8. The van der Waals surface area contributed by atoms with Crippen molar-refractivity contribution in [3.8, 4) is 0 Å². The van der Waals surface area contributed by atoms with E-state index in [9.17, 15) is 4.79 Å². The molecule has 0 aromatic carbocycles. The second-order valence-corrected chi connectivity index (χ2v) is 6.87. The number of carbonyl (C=O) groups is 1. The lowest BCUT2D eigenvalue weighted by Gasteiger charge is -2.36. The molecule has 0 unspecified atom stereocenters. The van der Waals surface area contributed by atoms with E-state index in [0.717, 1.165) is 56.7 Å². The molecule has 1 saturated heterocycles. The molecule has 5 heteroatoms. The minimum Gasteiger partial charge on any atom is -0.392 e. The molecule has 3 nitrogen and oxygen atoms in total. The predicted molar refractivity (Wildman–Crippen MR) is 87.6 cm³/mol. The van der Waals surface area contributed by atoms with Crippen LogP contribution in [0.15, 0.2) is 0 Å². The van der Waals surface area contributed by atoms with E-state index >= 15 is 0 Å². The highest BCUT2D eigenvalue weighted by atomic mass is 32.2. The van der Waals surface area contributed by atoms with Gasteiger partial charge in [0.1, 0.15) is 0 Å². The first-order chi connectivity index (χ1) is 9.08. The Balaban J connectivity index is 2.93. The standard InChI is InChI=1S/C14H26N2OS2/c1-3-6-14(7-4-2,12(15)18)13(17)16-8-5-10-19-11-9-16/h3-11H2,1-2H3,(H2,15,18). The third kappa shape index (κ3) is 4.09. The van der Waals surface area contributed by atoms with Crippen LogP contribution in [0, 0.1) is 5.41 Å². The van der Waals surface area contributed by atoms with Gasteiger partial charge in [-0.1, -0.05) is 38.9 Å². The van der Waals surface area contributed by atoms with Gasteiger partial charge in [-0.25, -0.2) is 0 Å². The molecule has 0 spiro atoms. The molecule has 0 aromatic heterocycles. The zero-order chi connectivity index (χ0) is 14.3. The smallest absolute Gasteiger partial charge is 0.235 e. The normalized spacial score (nSPS) is 17.1. The fourth-order valence-electron chi connectivity index (χ4n) is 2.80. The Kier molecular flexibility index (Phi) is 7.15. The summed E-state index contributed by atoms with van der Waals surface area (Å²) in [5.41, 5.74) is 5.37. The number of hydrogen-bond acceptors (Lipinski definition) is 3. The fourth-order valence-corrected chi connectivity index (χ4v) is 3.97. The molecule has 1 amide bonds. The molecule has 0 atom stereocenters. The highest BCUT2D eigenvalue weighted by Gasteiger charge is 2.42. The summed E-state index contributed by atoms with van der Waals surface area (Å²) in [7, 11) is 0. The van der Waals surface area contributed by atoms with Crippen LogP contribution in [0.4, 0.5) is 0 Å². The Labute approximate surface area is 126 Å².